The molecule has 0 atom stereocenters. The number of nitrogens with zero attached hydrogens (tertiary/aromatic N) is 1. The normalized spacial score (nSPS) is 11.2. The lowest BCUT2D eigenvalue weighted by molar-refractivity contribution is 1.23. The Kier molecular flexibility index (Phi) is 11.5. The van der Waals surface area contributed by atoms with Crippen molar-refractivity contribution < 1.29 is 0 Å². The summed E-state index contributed by atoms with van der Waals surface area (Å²) >= 11 is 0. The van der Waals surface area contributed by atoms with Gasteiger partial charge in [-0.15, -0.1) is 0 Å². The highest BCUT2D eigenvalue weighted by molar-refractivity contribution is 5.95. The molecule has 15 heavy (non-hydrogen) atoms. The van der Waals surface area contributed by atoms with Crippen molar-refractivity contribution in [2.45, 2.75) is 34.1 Å². The fourth-order valence-corrected chi connectivity index (χ4v) is 0.810. The van der Waals surface area contributed by atoms with Crippen LogP contribution in [-0.2, 0) is 0 Å². The van der Waals surface area contributed by atoms with E-state index in [2.05, 4.69) is 24.7 Å². The van der Waals surface area contributed by atoms with Crippen molar-refractivity contribution in [3.8, 4) is 0 Å². The van der Waals surface area contributed by atoms with Gasteiger partial charge in [0.25, 0.3) is 0 Å². The molecular weight excluding hydrogens is 182 g/mol. The van der Waals surface area contributed by atoms with E-state index in [0.29, 0.717) is 0 Å². The lowest BCUT2D eigenvalue weighted by atomic mass is 10.2. The smallest absolute Gasteiger partial charge is 0.0655 e. The highest BCUT2D eigenvalue weighted by atomic mass is 14.8. The van der Waals surface area contributed by atoms with Gasteiger partial charge in [-0.1, -0.05) is 46.6 Å². The Morgan fingerprint density at radius 1 is 1.27 bits per heavy atom. The predicted molar refractivity (Wildman–Crippen MR) is 72.4 cm³/mol. The lowest BCUT2D eigenvalue weighted by Gasteiger charge is -2.01. The van der Waals surface area contributed by atoms with Crippen molar-refractivity contribution in [2.24, 2.45) is 4.99 Å². The Morgan fingerprint density at radius 2 is 1.80 bits per heavy atom. The molecule has 0 aromatic heterocycles. The third-order valence-electron chi connectivity index (χ3n) is 1.57. The van der Waals surface area contributed by atoms with E-state index >= 15 is 0 Å². The first-order valence-corrected chi connectivity index (χ1v) is 5.34. The van der Waals surface area contributed by atoms with E-state index in [4.69, 9.17) is 0 Å². The maximum Gasteiger partial charge on any atom is 0.0655 e. The average molecular weight is 205 g/mol. The van der Waals surface area contributed by atoms with Gasteiger partial charge in [0, 0.05) is 5.71 Å². The molecule has 0 amide bonds. The molecule has 0 spiro atoms. The van der Waals surface area contributed by atoms with Crippen LogP contribution in [0.25, 0.3) is 0 Å². The fraction of sp³-hybridized carbons (Fsp3) is 0.357. The van der Waals surface area contributed by atoms with Crippen LogP contribution >= 0.6 is 0 Å². The number of allylic oxidation sites excluding steroid dienone is 4. The molecule has 0 bridgehead atoms. The van der Waals surface area contributed by atoms with Gasteiger partial charge in [0.2, 0.25) is 0 Å². The van der Waals surface area contributed by atoms with Gasteiger partial charge >= 0.3 is 0 Å². The van der Waals surface area contributed by atoms with Gasteiger partial charge in [-0.2, -0.15) is 0 Å². The van der Waals surface area contributed by atoms with Crippen molar-refractivity contribution in [3.63, 3.8) is 0 Å². The SMILES string of the molecule is C=C/C=C(/N=C(C=C)CC)C(=C)C.CC. The van der Waals surface area contributed by atoms with Gasteiger partial charge in [-0.05, 0) is 31.1 Å². The Morgan fingerprint density at radius 3 is 2.07 bits per heavy atom. The van der Waals surface area contributed by atoms with Gasteiger partial charge in [-0.25, -0.2) is 0 Å². The molecule has 0 aliphatic carbocycles. The molecule has 1 nitrogen and oxygen atoms in total. The highest BCUT2D eigenvalue weighted by Crippen LogP contribution is 2.09. The molecule has 84 valence electrons. The van der Waals surface area contributed by atoms with Crippen LogP contribution in [-0.4, -0.2) is 5.71 Å². The molecule has 0 N–H and O–H groups in total. The fourth-order valence-electron chi connectivity index (χ4n) is 0.810. The number of aliphatic imine (C=N–C) groups is 1. The minimum absolute atomic E-state index is 0.867. The molecule has 0 heterocycles. The van der Waals surface area contributed by atoms with E-state index in [1.165, 1.54) is 0 Å². The van der Waals surface area contributed by atoms with Crippen LogP contribution in [0.4, 0.5) is 0 Å². The minimum atomic E-state index is 0.867. The second-order valence-corrected chi connectivity index (χ2v) is 2.73. The molecular formula is C14H23N. The molecule has 0 radical (unpaired) electrons. The van der Waals surface area contributed by atoms with Crippen LogP contribution in [0.3, 0.4) is 0 Å². The van der Waals surface area contributed by atoms with Crippen molar-refractivity contribution in [3.05, 3.63) is 49.2 Å². The Labute approximate surface area is 94.6 Å². The van der Waals surface area contributed by atoms with Gasteiger partial charge in [0.1, 0.15) is 0 Å². The van der Waals surface area contributed by atoms with Gasteiger partial charge in [-0.3, -0.25) is 4.99 Å². The van der Waals surface area contributed by atoms with Crippen LogP contribution in [0.1, 0.15) is 34.1 Å². The zero-order valence-corrected chi connectivity index (χ0v) is 10.5. The van der Waals surface area contributed by atoms with Crippen LogP contribution in [0.2, 0.25) is 0 Å². The average Bonchev–Trinajstić information content (AvgIpc) is 2.26. The van der Waals surface area contributed by atoms with Crippen molar-refractivity contribution >= 4 is 5.71 Å². The van der Waals surface area contributed by atoms with E-state index in [0.717, 1.165) is 23.4 Å². The van der Waals surface area contributed by atoms with Gasteiger partial charge < -0.3 is 0 Å². The van der Waals surface area contributed by atoms with Crippen molar-refractivity contribution in [1.29, 1.82) is 0 Å². The third kappa shape index (κ3) is 7.68. The van der Waals surface area contributed by atoms with Gasteiger partial charge in [0.15, 0.2) is 0 Å². The molecule has 0 saturated carbocycles. The summed E-state index contributed by atoms with van der Waals surface area (Å²) in [6.45, 7) is 19.1. The lowest BCUT2D eigenvalue weighted by Crippen LogP contribution is -1.91. The quantitative estimate of drug-likeness (QED) is 0.456. The minimum Gasteiger partial charge on any atom is -0.253 e. The van der Waals surface area contributed by atoms with Crippen molar-refractivity contribution in [2.75, 3.05) is 0 Å². The first-order chi connectivity index (χ1) is 7.15. The summed E-state index contributed by atoms with van der Waals surface area (Å²) in [6.07, 6.45) is 6.20. The highest BCUT2D eigenvalue weighted by Gasteiger charge is 1.95. The molecule has 0 aromatic carbocycles. The summed E-state index contributed by atoms with van der Waals surface area (Å²) in [4.78, 5) is 4.39. The van der Waals surface area contributed by atoms with Crippen molar-refractivity contribution in [1.82, 2.24) is 0 Å². The van der Waals surface area contributed by atoms with E-state index in [1.807, 2.05) is 33.8 Å². The molecule has 0 rings (SSSR count). The van der Waals surface area contributed by atoms with Crippen LogP contribution < -0.4 is 0 Å². The molecule has 0 aliphatic heterocycles. The Bertz CT molecular complexity index is 267. The van der Waals surface area contributed by atoms with Crippen LogP contribution in [0.5, 0.6) is 0 Å². The summed E-state index contributed by atoms with van der Waals surface area (Å²) in [5, 5.41) is 0. The molecule has 0 unspecified atom stereocenters. The second-order valence-electron chi connectivity index (χ2n) is 2.73. The summed E-state index contributed by atoms with van der Waals surface area (Å²) in [5.74, 6) is 0. The summed E-state index contributed by atoms with van der Waals surface area (Å²) < 4.78 is 0. The monoisotopic (exact) mass is 205 g/mol. The maximum atomic E-state index is 4.39. The first kappa shape index (κ1) is 16.1. The number of rotatable bonds is 5. The summed E-state index contributed by atoms with van der Waals surface area (Å²) in [7, 11) is 0. The summed E-state index contributed by atoms with van der Waals surface area (Å²) in [5.41, 5.74) is 2.77. The molecule has 0 aliphatic rings. The first-order valence-electron chi connectivity index (χ1n) is 5.34. The number of hydrogen-bond donors (Lipinski definition) is 0. The molecule has 0 fully saturated rings. The zero-order valence-electron chi connectivity index (χ0n) is 10.5. The Balaban J connectivity index is 0. The molecule has 0 saturated heterocycles. The van der Waals surface area contributed by atoms with E-state index < -0.39 is 0 Å². The zero-order chi connectivity index (χ0) is 12.3. The summed E-state index contributed by atoms with van der Waals surface area (Å²) in [6, 6.07) is 0. The standard InChI is InChI=1S/C12H17N.C2H6/c1-6-9-12(10(4)5)13-11(7-2)8-3;1-2/h6-7,9H,1-2,4,8H2,3,5H3;1-2H3/b12-9+,13-11?;. The van der Waals surface area contributed by atoms with E-state index in [1.54, 1.807) is 12.2 Å². The van der Waals surface area contributed by atoms with Crippen LogP contribution in [0.15, 0.2) is 54.2 Å². The van der Waals surface area contributed by atoms with E-state index in [-0.39, 0.29) is 0 Å². The second kappa shape index (κ2) is 10.7. The number of hydrogen-bond acceptors (Lipinski definition) is 1. The predicted octanol–water partition coefficient (Wildman–Crippen LogP) is 4.70. The maximum absolute atomic E-state index is 4.39. The topological polar surface area (TPSA) is 12.4 Å². The van der Waals surface area contributed by atoms with Gasteiger partial charge in [0.05, 0.1) is 5.70 Å². The van der Waals surface area contributed by atoms with Crippen LogP contribution in [0, 0.1) is 0 Å². The third-order valence-corrected chi connectivity index (χ3v) is 1.57. The molecule has 1 heteroatoms. The molecule has 0 aromatic rings. The van der Waals surface area contributed by atoms with E-state index in [9.17, 15) is 0 Å². The largest absolute Gasteiger partial charge is 0.253 e. The Hall–Kier alpha value is -1.37.